The number of benzene rings is 1. The summed E-state index contributed by atoms with van der Waals surface area (Å²) in [5.74, 6) is 0.173. The second kappa shape index (κ2) is 7.55. The molecule has 0 atom stereocenters. The fourth-order valence-electron chi connectivity index (χ4n) is 3.47. The van der Waals surface area contributed by atoms with Gasteiger partial charge in [-0.05, 0) is 44.4 Å². The number of rotatable bonds is 5. The van der Waals surface area contributed by atoms with E-state index in [1.54, 1.807) is 0 Å². The number of carbonyl (C=O) groups is 2. The molecule has 2 amide bonds. The van der Waals surface area contributed by atoms with Gasteiger partial charge in [0.1, 0.15) is 0 Å². The summed E-state index contributed by atoms with van der Waals surface area (Å²) in [6.07, 6.45) is 4.21. The highest BCUT2D eigenvalue weighted by atomic mass is 16.2. The minimum Gasteiger partial charge on any atom is -0.353 e. The quantitative estimate of drug-likeness (QED) is 0.884. The molecule has 2 heterocycles. The average molecular weight is 366 g/mol. The monoisotopic (exact) mass is 366 g/mol. The van der Waals surface area contributed by atoms with Crippen LogP contribution in [0.1, 0.15) is 53.0 Å². The van der Waals surface area contributed by atoms with Crippen molar-refractivity contribution in [3.05, 3.63) is 52.8 Å². The zero-order valence-corrected chi connectivity index (χ0v) is 15.8. The fourth-order valence-corrected chi connectivity index (χ4v) is 3.47. The van der Waals surface area contributed by atoms with Crippen LogP contribution in [-0.2, 0) is 24.3 Å². The Labute approximate surface area is 159 Å². The van der Waals surface area contributed by atoms with Crippen molar-refractivity contribution in [2.45, 2.75) is 58.2 Å². The van der Waals surface area contributed by atoms with E-state index in [0.29, 0.717) is 25.4 Å². The van der Waals surface area contributed by atoms with Crippen LogP contribution in [0, 0.1) is 6.92 Å². The van der Waals surface area contributed by atoms with E-state index in [4.69, 9.17) is 0 Å². The first kappa shape index (κ1) is 17.8. The molecule has 1 aliphatic heterocycles. The van der Waals surface area contributed by atoms with Gasteiger partial charge in [0.2, 0.25) is 5.91 Å². The van der Waals surface area contributed by atoms with E-state index in [9.17, 15) is 9.59 Å². The maximum atomic E-state index is 12.8. The summed E-state index contributed by atoms with van der Waals surface area (Å²) in [4.78, 5) is 26.6. The third kappa shape index (κ3) is 4.38. The Morgan fingerprint density at radius 1 is 1.19 bits per heavy atom. The van der Waals surface area contributed by atoms with Crippen LogP contribution in [0.15, 0.2) is 30.3 Å². The predicted octanol–water partition coefficient (Wildman–Crippen LogP) is 2.45. The lowest BCUT2D eigenvalue weighted by molar-refractivity contribution is -0.121. The third-order valence-corrected chi connectivity index (χ3v) is 5.20. The number of carbonyl (C=O) groups excluding carboxylic acids is 2. The molecule has 1 saturated carbocycles. The Balaban J connectivity index is 1.40. The summed E-state index contributed by atoms with van der Waals surface area (Å²) in [5, 5.41) is 7.67. The third-order valence-electron chi connectivity index (χ3n) is 5.20. The molecule has 1 fully saturated rings. The highest BCUT2D eigenvalue weighted by molar-refractivity contribution is 5.94. The van der Waals surface area contributed by atoms with Crippen LogP contribution in [0.25, 0.3) is 0 Å². The van der Waals surface area contributed by atoms with Crippen molar-refractivity contribution in [3.63, 3.8) is 0 Å². The van der Waals surface area contributed by atoms with Crippen molar-refractivity contribution in [1.29, 1.82) is 0 Å². The van der Waals surface area contributed by atoms with E-state index in [1.165, 1.54) is 0 Å². The maximum absolute atomic E-state index is 12.8. The minimum absolute atomic E-state index is 0.0648. The number of aromatic nitrogens is 2. The fraction of sp³-hybridized carbons (Fsp3) is 0.476. The first-order chi connectivity index (χ1) is 13.1. The first-order valence-corrected chi connectivity index (χ1v) is 9.79. The van der Waals surface area contributed by atoms with Gasteiger partial charge in [-0.1, -0.05) is 17.7 Å². The van der Waals surface area contributed by atoms with Crippen LogP contribution >= 0.6 is 0 Å². The molecule has 142 valence electrons. The topological polar surface area (TPSA) is 67.2 Å². The van der Waals surface area contributed by atoms with Crippen LogP contribution in [0.3, 0.4) is 0 Å². The van der Waals surface area contributed by atoms with E-state index >= 15 is 0 Å². The number of hydrogen-bond acceptors (Lipinski definition) is 3. The number of nitrogens with one attached hydrogen (secondary N) is 1. The maximum Gasteiger partial charge on any atom is 0.254 e. The molecule has 6 nitrogen and oxygen atoms in total. The standard InChI is InChI=1S/C21H26N4O2/c1-15-3-5-16(6-4-15)21(27)24-11-2-12-25-19(14-24)13-18(23-25)9-10-20(26)22-17-7-8-17/h3-6,13,17H,2,7-12,14H2,1H3,(H,22,26). The predicted molar refractivity (Wildman–Crippen MR) is 102 cm³/mol. The van der Waals surface area contributed by atoms with Crippen molar-refractivity contribution >= 4 is 11.8 Å². The van der Waals surface area contributed by atoms with Gasteiger partial charge in [0.05, 0.1) is 17.9 Å². The zero-order chi connectivity index (χ0) is 18.8. The SMILES string of the molecule is Cc1ccc(C(=O)N2CCCn3nc(CCC(=O)NC4CC4)cc3C2)cc1. The molecule has 2 aliphatic rings. The molecular formula is C21H26N4O2. The van der Waals surface area contributed by atoms with Crippen LogP contribution in [0.5, 0.6) is 0 Å². The normalized spacial score (nSPS) is 16.6. The van der Waals surface area contributed by atoms with Gasteiger partial charge >= 0.3 is 0 Å². The number of hydrogen-bond donors (Lipinski definition) is 1. The summed E-state index contributed by atoms with van der Waals surface area (Å²) in [7, 11) is 0. The summed E-state index contributed by atoms with van der Waals surface area (Å²) < 4.78 is 2.00. The van der Waals surface area contributed by atoms with Gasteiger partial charge in [0, 0.05) is 37.5 Å². The molecule has 0 spiro atoms. The van der Waals surface area contributed by atoms with Crippen molar-refractivity contribution in [2.75, 3.05) is 6.54 Å². The molecule has 2 aromatic rings. The van der Waals surface area contributed by atoms with Crippen LogP contribution < -0.4 is 5.32 Å². The Morgan fingerprint density at radius 2 is 1.96 bits per heavy atom. The lowest BCUT2D eigenvalue weighted by Gasteiger charge is -2.20. The zero-order valence-electron chi connectivity index (χ0n) is 15.8. The van der Waals surface area contributed by atoms with Gasteiger partial charge < -0.3 is 10.2 Å². The lowest BCUT2D eigenvalue weighted by Crippen LogP contribution is -2.30. The van der Waals surface area contributed by atoms with Gasteiger partial charge in [0.15, 0.2) is 0 Å². The van der Waals surface area contributed by atoms with Crippen molar-refractivity contribution in [2.24, 2.45) is 0 Å². The summed E-state index contributed by atoms with van der Waals surface area (Å²) in [6.45, 7) is 4.12. The second-order valence-corrected chi connectivity index (χ2v) is 7.64. The molecule has 1 aliphatic carbocycles. The molecule has 27 heavy (non-hydrogen) atoms. The summed E-state index contributed by atoms with van der Waals surface area (Å²) in [6, 6.07) is 10.2. The molecule has 1 N–H and O–H groups in total. The molecular weight excluding hydrogens is 340 g/mol. The Morgan fingerprint density at radius 3 is 2.70 bits per heavy atom. The average Bonchev–Trinajstić information content (AvgIpc) is 3.42. The number of nitrogens with zero attached hydrogens (tertiary/aromatic N) is 3. The summed E-state index contributed by atoms with van der Waals surface area (Å²) >= 11 is 0. The largest absolute Gasteiger partial charge is 0.353 e. The molecule has 0 radical (unpaired) electrons. The number of aryl methyl sites for hydroxylation is 3. The Bertz CT molecular complexity index is 836. The van der Waals surface area contributed by atoms with Crippen LogP contribution in [-0.4, -0.2) is 39.1 Å². The van der Waals surface area contributed by atoms with Crippen LogP contribution in [0.2, 0.25) is 0 Å². The van der Waals surface area contributed by atoms with Gasteiger partial charge in [0.25, 0.3) is 5.91 Å². The van der Waals surface area contributed by atoms with Gasteiger partial charge in [-0.2, -0.15) is 5.10 Å². The van der Waals surface area contributed by atoms with Crippen LogP contribution in [0.4, 0.5) is 0 Å². The molecule has 6 heteroatoms. The van der Waals surface area contributed by atoms with Crippen molar-refractivity contribution < 1.29 is 9.59 Å². The Kier molecular flexibility index (Phi) is 4.97. The van der Waals surface area contributed by atoms with Gasteiger partial charge in [-0.15, -0.1) is 0 Å². The first-order valence-electron chi connectivity index (χ1n) is 9.79. The highest BCUT2D eigenvalue weighted by Crippen LogP contribution is 2.20. The lowest BCUT2D eigenvalue weighted by atomic mass is 10.1. The van der Waals surface area contributed by atoms with Gasteiger partial charge in [-0.3, -0.25) is 14.3 Å². The summed E-state index contributed by atoms with van der Waals surface area (Å²) in [5.41, 5.74) is 3.85. The molecule has 0 unspecified atom stereocenters. The van der Waals surface area contributed by atoms with E-state index in [1.807, 2.05) is 46.8 Å². The van der Waals surface area contributed by atoms with E-state index in [0.717, 1.165) is 54.9 Å². The van der Waals surface area contributed by atoms with E-state index in [2.05, 4.69) is 10.4 Å². The molecule has 0 bridgehead atoms. The molecule has 0 saturated heterocycles. The van der Waals surface area contributed by atoms with Crippen molar-refractivity contribution in [3.8, 4) is 0 Å². The molecule has 1 aromatic heterocycles. The van der Waals surface area contributed by atoms with E-state index < -0.39 is 0 Å². The molecule has 4 rings (SSSR count). The smallest absolute Gasteiger partial charge is 0.254 e. The minimum atomic E-state index is 0.0648. The van der Waals surface area contributed by atoms with E-state index in [-0.39, 0.29) is 11.8 Å². The number of amides is 2. The highest BCUT2D eigenvalue weighted by Gasteiger charge is 2.24. The Hall–Kier alpha value is -2.63. The second-order valence-electron chi connectivity index (χ2n) is 7.64. The number of fused-ring (bicyclic) bond motifs is 1. The van der Waals surface area contributed by atoms with Gasteiger partial charge in [-0.25, -0.2) is 0 Å². The molecule has 1 aromatic carbocycles. The van der Waals surface area contributed by atoms with Crippen molar-refractivity contribution in [1.82, 2.24) is 20.0 Å².